The number of hydrogen-bond acceptors (Lipinski definition) is 4. The Bertz CT molecular complexity index is 2860. The van der Waals surface area contributed by atoms with Crippen LogP contribution in [0.1, 0.15) is 25.0 Å². The molecule has 0 radical (unpaired) electrons. The number of fused-ring (bicyclic) bond motifs is 4. The number of rotatable bonds is 7. The minimum Gasteiger partial charge on any atom is -0.310 e. The summed E-state index contributed by atoms with van der Waals surface area (Å²) in [5, 5.41) is 1.03. The van der Waals surface area contributed by atoms with Crippen LogP contribution >= 0.6 is 24.0 Å². The Morgan fingerprint density at radius 1 is 0.446 bits per heavy atom. The summed E-state index contributed by atoms with van der Waals surface area (Å²) in [6.45, 7) is 4.67. The van der Waals surface area contributed by atoms with E-state index in [2.05, 4.69) is 201 Å². The van der Waals surface area contributed by atoms with Gasteiger partial charge in [-0.05, 0) is 104 Å². The van der Waals surface area contributed by atoms with Crippen molar-refractivity contribution in [1.82, 2.24) is 4.98 Å². The van der Waals surface area contributed by atoms with Crippen LogP contribution in [0.25, 0.3) is 65.3 Å². The van der Waals surface area contributed by atoms with Gasteiger partial charge in [0.15, 0.2) is 0 Å². The van der Waals surface area contributed by atoms with E-state index in [0.717, 1.165) is 53.9 Å². The fourth-order valence-electron chi connectivity index (χ4n) is 8.27. The number of hydrogen-bond donors (Lipinski definition) is 1. The van der Waals surface area contributed by atoms with E-state index in [0.29, 0.717) is 0 Å². The van der Waals surface area contributed by atoms with Crippen LogP contribution in [0.15, 0.2) is 193 Å². The Balaban J connectivity index is 0.984. The summed E-state index contributed by atoms with van der Waals surface area (Å²) in [6.07, 6.45) is 0. The number of thiazole rings is 1. The summed E-state index contributed by atoms with van der Waals surface area (Å²) in [6, 6.07) is 67.8. The first-order valence-corrected chi connectivity index (χ1v) is 20.3. The minimum atomic E-state index is -0.0436. The van der Waals surface area contributed by atoms with Crippen molar-refractivity contribution in [3.05, 3.63) is 199 Å². The molecule has 2 nitrogen and oxygen atoms in total. The lowest BCUT2D eigenvalue weighted by molar-refractivity contribution is 0.660. The van der Waals surface area contributed by atoms with Gasteiger partial charge in [0.2, 0.25) is 0 Å². The third-order valence-corrected chi connectivity index (χ3v) is 12.7. The Kier molecular flexibility index (Phi) is 8.47. The van der Waals surface area contributed by atoms with E-state index in [-0.39, 0.29) is 5.41 Å². The lowest BCUT2D eigenvalue weighted by Gasteiger charge is -2.27. The van der Waals surface area contributed by atoms with Gasteiger partial charge in [0, 0.05) is 32.9 Å². The van der Waals surface area contributed by atoms with Gasteiger partial charge in [-0.25, -0.2) is 4.98 Å². The van der Waals surface area contributed by atoms with Crippen molar-refractivity contribution in [3.63, 3.8) is 0 Å². The molecule has 1 aliphatic carbocycles. The molecule has 1 heterocycles. The molecule has 56 heavy (non-hydrogen) atoms. The Morgan fingerprint density at radius 3 is 1.59 bits per heavy atom. The van der Waals surface area contributed by atoms with Crippen LogP contribution in [0, 0.1) is 0 Å². The third kappa shape index (κ3) is 6.03. The Morgan fingerprint density at radius 2 is 0.946 bits per heavy atom. The van der Waals surface area contributed by atoms with E-state index in [1.807, 2.05) is 6.07 Å². The van der Waals surface area contributed by atoms with Crippen LogP contribution < -0.4 is 4.90 Å². The van der Waals surface area contributed by atoms with Gasteiger partial charge in [-0.15, -0.1) is 24.0 Å². The number of aromatic nitrogens is 1. The highest BCUT2D eigenvalue weighted by Gasteiger charge is 2.35. The molecule has 4 heteroatoms. The average molecular weight is 755 g/mol. The molecule has 0 bridgehead atoms. The van der Waals surface area contributed by atoms with Crippen LogP contribution in [0.3, 0.4) is 0 Å². The molecule has 0 amide bonds. The standard InChI is InChI=1S/C52H38N2S2/c1-52(2)46-16-10-9-15-43(46)45-31-42(29-30-47(45)52)54(40-25-21-36(22-26-40)34-11-5-3-6-12-34)41-27-23-37(24-28-41)35-17-19-38(20-18-35)44-32-50-48(33-49(44)55)53-51(56-50)39-13-7-4-8-14-39/h3-33,55H,1-2H3. The van der Waals surface area contributed by atoms with Crippen LogP contribution in [-0.2, 0) is 5.41 Å². The van der Waals surface area contributed by atoms with E-state index in [1.165, 1.54) is 44.5 Å². The molecule has 0 saturated heterocycles. The van der Waals surface area contributed by atoms with Gasteiger partial charge in [0.25, 0.3) is 0 Å². The minimum absolute atomic E-state index is 0.0436. The molecule has 0 saturated carbocycles. The topological polar surface area (TPSA) is 16.1 Å². The van der Waals surface area contributed by atoms with E-state index < -0.39 is 0 Å². The molecule has 268 valence electrons. The second-order valence-electron chi connectivity index (χ2n) is 15.0. The number of benzene rings is 8. The zero-order chi connectivity index (χ0) is 37.8. The van der Waals surface area contributed by atoms with Crippen molar-refractivity contribution in [2.45, 2.75) is 24.2 Å². The summed E-state index contributed by atoms with van der Waals surface area (Å²) in [7, 11) is 0. The molecule has 9 aromatic rings. The van der Waals surface area contributed by atoms with Crippen molar-refractivity contribution in [2.24, 2.45) is 0 Å². The third-order valence-electron chi connectivity index (χ3n) is 11.2. The molecule has 1 aromatic heterocycles. The lowest BCUT2D eigenvalue weighted by Crippen LogP contribution is -2.15. The van der Waals surface area contributed by atoms with E-state index in [4.69, 9.17) is 17.6 Å². The molecular weight excluding hydrogens is 717 g/mol. The molecule has 0 aliphatic heterocycles. The predicted molar refractivity (Wildman–Crippen MR) is 241 cm³/mol. The quantitative estimate of drug-likeness (QED) is 0.163. The highest BCUT2D eigenvalue weighted by atomic mass is 32.1. The smallest absolute Gasteiger partial charge is 0.124 e. The van der Waals surface area contributed by atoms with Gasteiger partial charge in [-0.3, -0.25) is 0 Å². The predicted octanol–water partition coefficient (Wildman–Crippen LogP) is 15.0. The first kappa shape index (κ1) is 34.3. The van der Waals surface area contributed by atoms with Gasteiger partial charge in [-0.2, -0.15) is 0 Å². The largest absolute Gasteiger partial charge is 0.310 e. The summed E-state index contributed by atoms with van der Waals surface area (Å²) < 4.78 is 1.16. The van der Waals surface area contributed by atoms with Gasteiger partial charge >= 0.3 is 0 Å². The van der Waals surface area contributed by atoms with Gasteiger partial charge in [0.05, 0.1) is 10.2 Å². The van der Waals surface area contributed by atoms with Gasteiger partial charge in [-0.1, -0.05) is 153 Å². The zero-order valence-corrected chi connectivity index (χ0v) is 32.9. The van der Waals surface area contributed by atoms with Crippen molar-refractivity contribution < 1.29 is 0 Å². The summed E-state index contributed by atoms with van der Waals surface area (Å²) in [5.41, 5.74) is 17.8. The molecule has 0 unspecified atom stereocenters. The number of thiol groups is 1. The fourth-order valence-corrected chi connectivity index (χ4v) is 9.58. The van der Waals surface area contributed by atoms with Crippen LogP contribution in [-0.4, -0.2) is 4.98 Å². The number of anilines is 3. The molecule has 10 rings (SSSR count). The second kappa shape index (κ2) is 13.8. The molecule has 1 aliphatic rings. The average Bonchev–Trinajstić information content (AvgIpc) is 3.77. The monoisotopic (exact) mass is 754 g/mol. The lowest BCUT2D eigenvalue weighted by atomic mass is 9.82. The molecule has 0 fully saturated rings. The normalized spacial score (nSPS) is 12.7. The van der Waals surface area contributed by atoms with Gasteiger partial charge in [0.1, 0.15) is 5.01 Å². The summed E-state index contributed by atoms with van der Waals surface area (Å²) in [4.78, 5) is 8.21. The van der Waals surface area contributed by atoms with E-state index >= 15 is 0 Å². The Labute approximate surface area is 337 Å². The van der Waals surface area contributed by atoms with Crippen molar-refractivity contribution in [3.8, 4) is 55.1 Å². The van der Waals surface area contributed by atoms with Crippen molar-refractivity contribution in [1.29, 1.82) is 0 Å². The van der Waals surface area contributed by atoms with Crippen molar-refractivity contribution >= 4 is 51.2 Å². The summed E-state index contributed by atoms with van der Waals surface area (Å²) >= 11 is 6.62. The first-order valence-electron chi connectivity index (χ1n) is 19.0. The maximum atomic E-state index is 4.90. The molecule has 0 N–H and O–H groups in total. The highest BCUT2D eigenvalue weighted by molar-refractivity contribution is 7.80. The van der Waals surface area contributed by atoms with Gasteiger partial charge < -0.3 is 4.90 Å². The number of nitrogens with zero attached hydrogens (tertiary/aromatic N) is 2. The SMILES string of the molecule is CC1(C)c2ccccc2-c2cc(N(c3ccc(-c4ccccc4)cc3)c3ccc(-c4ccc(-c5cc6sc(-c7ccccc7)nc6cc5S)cc4)cc3)ccc21. The fraction of sp³-hybridized carbons (Fsp3) is 0.0577. The van der Waals surface area contributed by atoms with Crippen molar-refractivity contribution in [2.75, 3.05) is 4.90 Å². The van der Waals surface area contributed by atoms with Crippen LogP contribution in [0.5, 0.6) is 0 Å². The zero-order valence-electron chi connectivity index (χ0n) is 31.1. The molecular formula is C52H38N2S2. The molecule has 8 aromatic carbocycles. The van der Waals surface area contributed by atoms with E-state index in [1.54, 1.807) is 11.3 Å². The molecule has 0 spiro atoms. The summed E-state index contributed by atoms with van der Waals surface area (Å²) in [5.74, 6) is 0. The van der Waals surface area contributed by atoms with Crippen LogP contribution in [0.4, 0.5) is 17.1 Å². The Hall–Kier alpha value is -6.20. The van der Waals surface area contributed by atoms with E-state index in [9.17, 15) is 0 Å². The first-order chi connectivity index (χ1) is 27.4. The molecule has 0 atom stereocenters. The maximum absolute atomic E-state index is 4.90. The second-order valence-corrected chi connectivity index (χ2v) is 16.5. The maximum Gasteiger partial charge on any atom is 0.124 e. The highest BCUT2D eigenvalue weighted by Crippen LogP contribution is 2.50. The van der Waals surface area contributed by atoms with Crippen LogP contribution in [0.2, 0.25) is 0 Å².